The van der Waals surface area contributed by atoms with Crippen molar-refractivity contribution in [2.45, 2.75) is 37.9 Å². The van der Waals surface area contributed by atoms with Gasteiger partial charge in [0, 0.05) is 5.69 Å². The van der Waals surface area contributed by atoms with Crippen LogP contribution in [0.25, 0.3) is 0 Å². The second kappa shape index (κ2) is 7.58. The number of β-lactam (4-membered cyclic amide) rings is 1. The number of nitrogens with zero attached hydrogens (tertiary/aromatic N) is 1. The van der Waals surface area contributed by atoms with Gasteiger partial charge in [0.05, 0.1) is 33.2 Å². The Morgan fingerprint density at radius 1 is 1.26 bits per heavy atom. The van der Waals surface area contributed by atoms with E-state index in [0.29, 0.717) is 18.0 Å². The van der Waals surface area contributed by atoms with E-state index in [1.54, 1.807) is 36.3 Å². The molecule has 2 fully saturated rings. The first-order valence-corrected chi connectivity index (χ1v) is 8.55. The second-order valence-electron chi connectivity index (χ2n) is 6.65. The van der Waals surface area contributed by atoms with Crippen molar-refractivity contribution in [1.82, 2.24) is 0 Å². The van der Waals surface area contributed by atoms with Crippen molar-refractivity contribution in [3.8, 4) is 5.75 Å². The fourth-order valence-corrected chi connectivity index (χ4v) is 3.16. The number of amides is 1. The maximum Gasteiger partial charge on any atom is 0.333 e. The van der Waals surface area contributed by atoms with Crippen LogP contribution in [0.3, 0.4) is 0 Å². The Bertz CT molecular complexity index is 728. The Morgan fingerprint density at radius 3 is 2.52 bits per heavy atom. The number of anilines is 1. The first kappa shape index (κ1) is 19.2. The molecule has 2 saturated heterocycles. The monoisotopic (exact) mass is 377 g/mol. The molecule has 0 aliphatic carbocycles. The van der Waals surface area contributed by atoms with Crippen molar-refractivity contribution in [1.29, 1.82) is 0 Å². The number of benzene rings is 1. The highest BCUT2D eigenvalue weighted by Crippen LogP contribution is 2.38. The van der Waals surface area contributed by atoms with E-state index in [0.717, 1.165) is 6.08 Å². The topological polar surface area (TPSA) is 83.5 Å². The summed E-state index contributed by atoms with van der Waals surface area (Å²) in [6.45, 7) is 3.97. The predicted molar refractivity (Wildman–Crippen MR) is 95.2 cm³/mol. The third-order valence-electron chi connectivity index (χ3n) is 4.48. The Labute approximate surface area is 157 Å². The SMILES string of the molecule is COC(=O)/C=C/O[C@H]1C(=O)N(c2ccc(OC)cc2)[C@H]1[C@H]1COC(C)(C)O1. The van der Waals surface area contributed by atoms with Crippen LogP contribution in [0.2, 0.25) is 0 Å². The van der Waals surface area contributed by atoms with Crippen LogP contribution in [0.5, 0.6) is 5.75 Å². The van der Waals surface area contributed by atoms with E-state index in [-0.39, 0.29) is 12.0 Å². The normalized spacial score (nSPS) is 26.7. The van der Waals surface area contributed by atoms with E-state index in [4.69, 9.17) is 18.9 Å². The molecule has 8 heteroatoms. The molecule has 2 aliphatic heterocycles. The number of hydrogen-bond acceptors (Lipinski definition) is 7. The maximum atomic E-state index is 12.7. The molecule has 146 valence electrons. The van der Waals surface area contributed by atoms with E-state index in [1.807, 2.05) is 13.8 Å². The molecule has 3 rings (SSSR count). The molecule has 0 aromatic heterocycles. The summed E-state index contributed by atoms with van der Waals surface area (Å²) in [5.74, 6) is -0.833. The molecule has 0 bridgehead atoms. The number of carbonyl (C=O) groups excluding carboxylic acids is 2. The third-order valence-corrected chi connectivity index (χ3v) is 4.48. The number of ether oxygens (including phenoxy) is 5. The molecule has 2 aliphatic rings. The quantitative estimate of drug-likeness (QED) is 0.322. The van der Waals surface area contributed by atoms with Gasteiger partial charge in [-0.05, 0) is 38.1 Å². The van der Waals surface area contributed by atoms with Gasteiger partial charge in [0.2, 0.25) is 0 Å². The van der Waals surface area contributed by atoms with Crippen LogP contribution >= 0.6 is 0 Å². The molecule has 2 heterocycles. The molecule has 0 saturated carbocycles. The summed E-state index contributed by atoms with van der Waals surface area (Å²) in [5, 5.41) is 0. The summed E-state index contributed by atoms with van der Waals surface area (Å²) in [4.78, 5) is 25.5. The largest absolute Gasteiger partial charge is 0.497 e. The molecule has 1 aromatic rings. The van der Waals surface area contributed by atoms with Crippen LogP contribution in [0.4, 0.5) is 5.69 Å². The Balaban J connectivity index is 1.80. The molecule has 0 radical (unpaired) electrons. The zero-order valence-electron chi connectivity index (χ0n) is 15.7. The van der Waals surface area contributed by atoms with Gasteiger partial charge in [0.1, 0.15) is 17.9 Å². The number of esters is 1. The van der Waals surface area contributed by atoms with Gasteiger partial charge in [0.25, 0.3) is 5.91 Å². The standard InChI is InChI=1S/C19H23NO7/c1-19(2)26-11-14(27-19)16-17(25-10-9-15(21)24-4)18(22)20(16)12-5-7-13(23-3)8-6-12/h5-10,14,16-17H,11H2,1-4H3/b10-9+/t14-,16+,17-/m1/s1. The van der Waals surface area contributed by atoms with Crippen LogP contribution in [0.1, 0.15) is 13.8 Å². The summed E-state index contributed by atoms with van der Waals surface area (Å²) < 4.78 is 26.8. The van der Waals surface area contributed by atoms with Crippen LogP contribution in [-0.2, 0) is 28.5 Å². The van der Waals surface area contributed by atoms with Gasteiger partial charge in [-0.1, -0.05) is 0 Å². The second-order valence-corrected chi connectivity index (χ2v) is 6.65. The summed E-state index contributed by atoms with van der Waals surface area (Å²) in [6, 6.07) is 6.76. The average Bonchev–Trinajstić information content (AvgIpc) is 3.01. The van der Waals surface area contributed by atoms with Gasteiger partial charge >= 0.3 is 5.97 Å². The number of rotatable bonds is 6. The van der Waals surface area contributed by atoms with E-state index >= 15 is 0 Å². The fraction of sp³-hybridized carbons (Fsp3) is 0.474. The molecule has 0 unspecified atom stereocenters. The van der Waals surface area contributed by atoms with Gasteiger partial charge in [-0.3, -0.25) is 9.69 Å². The molecule has 8 nitrogen and oxygen atoms in total. The maximum absolute atomic E-state index is 12.7. The minimum absolute atomic E-state index is 0.229. The Hall–Kier alpha value is -2.58. The summed E-state index contributed by atoms with van der Waals surface area (Å²) in [5.41, 5.74) is 0.705. The lowest BCUT2D eigenvalue weighted by molar-refractivity contribution is -0.158. The van der Waals surface area contributed by atoms with Crippen LogP contribution in [0, 0.1) is 0 Å². The minimum Gasteiger partial charge on any atom is -0.497 e. The predicted octanol–water partition coefficient (Wildman–Crippen LogP) is 1.63. The fourth-order valence-electron chi connectivity index (χ4n) is 3.16. The van der Waals surface area contributed by atoms with Gasteiger partial charge in [-0.25, -0.2) is 4.79 Å². The lowest BCUT2D eigenvalue weighted by Gasteiger charge is -2.48. The van der Waals surface area contributed by atoms with Crippen molar-refractivity contribution in [3.63, 3.8) is 0 Å². The van der Waals surface area contributed by atoms with Crippen molar-refractivity contribution >= 4 is 17.6 Å². The van der Waals surface area contributed by atoms with Crippen molar-refractivity contribution in [2.24, 2.45) is 0 Å². The summed E-state index contributed by atoms with van der Waals surface area (Å²) in [7, 11) is 2.84. The van der Waals surface area contributed by atoms with Gasteiger partial charge in [0.15, 0.2) is 11.9 Å². The van der Waals surface area contributed by atoms with Crippen LogP contribution < -0.4 is 9.64 Å². The van der Waals surface area contributed by atoms with Crippen molar-refractivity contribution < 1.29 is 33.3 Å². The molecule has 3 atom stereocenters. The lowest BCUT2D eigenvalue weighted by atomic mass is 9.91. The molecule has 27 heavy (non-hydrogen) atoms. The first-order valence-electron chi connectivity index (χ1n) is 8.55. The van der Waals surface area contributed by atoms with Crippen LogP contribution in [0.15, 0.2) is 36.6 Å². The zero-order valence-corrected chi connectivity index (χ0v) is 15.7. The smallest absolute Gasteiger partial charge is 0.333 e. The first-order chi connectivity index (χ1) is 12.9. The number of hydrogen-bond donors (Lipinski definition) is 0. The molecular weight excluding hydrogens is 354 g/mol. The van der Waals surface area contributed by atoms with E-state index in [2.05, 4.69) is 4.74 Å². The van der Waals surface area contributed by atoms with Gasteiger partial charge in [-0.2, -0.15) is 0 Å². The molecule has 1 amide bonds. The van der Waals surface area contributed by atoms with Crippen molar-refractivity contribution in [3.05, 3.63) is 36.6 Å². The highest BCUT2D eigenvalue weighted by atomic mass is 16.7. The highest BCUT2D eigenvalue weighted by Gasteiger charge is 2.56. The highest BCUT2D eigenvalue weighted by molar-refractivity contribution is 6.05. The van der Waals surface area contributed by atoms with Crippen molar-refractivity contribution in [2.75, 3.05) is 25.7 Å². The molecular formula is C19H23NO7. The minimum atomic E-state index is -0.782. The number of methoxy groups -OCH3 is 2. The van der Waals surface area contributed by atoms with Gasteiger partial charge in [-0.15, -0.1) is 0 Å². The Morgan fingerprint density at radius 2 is 1.96 bits per heavy atom. The van der Waals surface area contributed by atoms with Gasteiger partial charge < -0.3 is 23.7 Å². The van der Waals surface area contributed by atoms with E-state index in [1.165, 1.54) is 13.4 Å². The van der Waals surface area contributed by atoms with E-state index < -0.39 is 23.9 Å². The lowest BCUT2D eigenvalue weighted by Crippen LogP contribution is -2.70. The van der Waals surface area contributed by atoms with E-state index in [9.17, 15) is 9.59 Å². The average molecular weight is 377 g/mol. The molecule has 0 N–H and O–H groups in total. The number of carbonyl (C=O) groups is 2. The molecule has 0 spiro atoms. The third kappa shape index (κ3) is 3.91. The molecule has 1 aromatic carbocycles. The Kier molecular flexibility index (Phi) is 5.38. The summed E-state index contributed by atoms with van der Waals surface area (Å²) >= 11 is 0. The summed E-state index contributed by atoms with van der Waals surface area (Å²) in [6.07, 6.45) is 1.15. The van der Waals surface area contributed by atoms with Crippen LogP contribution in [-0.4, -0.2) is 56.7 Å². The zero-order chi connectivity index (χ0) is 19.6.